The molecular formula is C10H8BClO3. The van der Waals surface area contributed by atoms with E-state index in [0.29, 0.717) is 16.4 Å². The van der Waals surface area contributed by atoms with Crippen molar-refractivity contribution in [2.24, 2.45) is 0 Å². The number of furan rings is 1. The van der Waals surface area contributed by atoms with Gasteiger partial charge < -0.3 is 14.5 Å². The van der Waals surface area contributed by atoms with Gasteiger partial charge in [0.15, 0.2) is 0 Å². The molecular weight excluding hydrogens is 214 g/mol. The summed E-state index contributed by atoms with van der Waals surface area (Å²) in [4.78, 5) is 0. The van der Waals surface area contributed by atoms with Crippen LogP contribution in [0.3, 0.4) is 0 Å². The third-order valence-corrected chi connectivity index (χ3v) is 2.17. The van der Waals surface area contributed by atoms with Crippen molar-refractivity contribution in [3.63, 3.8) is 0 Å². The fourth-order valence-corrected chi connectivity index (χ4v) is 1.48. The van der Waals surface area contributed by atoms with Gasteiger partial charge in [0.1, 0.15) is 11.3 Å². The van der Waals surface area contributed by atoms with Crippen LogP contribution in [0.2, 0.25) is 5.02 Å². The standard InChI is InChI=1S/C10H8BClO3/c12-8-1-2-10-7(5-8)6-9(15-10)3-4-11(13)14/h1-6,13-14H/b4-3+. The van der Waals surface area contributed by atoms with Gasteiger partial charge in [0, 0.05) is 10.4 Å². The molecule has 0 unspecified atom stereocenters. The highest BCUT2D eigenvalue weighted by molar-refractivity contribution is 6.48. The molecule has 76 valence electrons. The highest BCUT2D eigenvalue weighted by Crippen LogP contribution is 2.23. The van der Waals surface area contributed by atoms with E-state index in [9.17, 15) is 0 Å². The molecule has 5 heteroatoms. The summed E-state index contributed by atoms with van der Waals surface area (Å²) < 4.78 is 5.41. The molecule has 0 saturated carbocycles. The first-order valence-corrected chi connectivity index (χ1v) is 4.76. The van der Waals surface area contributed by atoms with E-state index in [1.165, 1.54) is 12.1 Å². The van der Waals surface area contributed by atoms with Crippen molar-refractivity contribution in [1.29, 1.82) is 0 Å². The summed E-state index contributed by atoms with van der Waals surface area (Å²) in [5, 5.41) is 18.8. The van der Waals surface area contributed by atoms with Gasteiger partial charge in [-0.05, 0) is 30.3 Å². The van der Waals surface area contributed by atoms with Crippen molar-refractivity contribution < 1.29 is 14.5 Å². The Labute approximate surface area is 91.7 Å². The van der Waals surface area contributed by atoms with Crippen LogP contribution in [0.4, 0.5) is 0 Å². The SMILES string of the molecule is OB(O)/C=C/c1cc2cc(Cl)ccc2o1. The third kappa shape index (κ3) is 2.42. The molecule has 1 aromatic heterocycles. The molecule has 15 heavy (non-hydrogen) atoms. The zero-order valence-corrected chi connectivity index (χ0v) is 8.48. The smallest absolute Gasteiger partial charge is 0.457 e. The number of benzene rings is 1. The molecule has 0 aliphatic rings. The number of hydrogen-bond acceptors (Lipinski definition) is 3. The van der Waals surface area contributed by atoms with Crippen LogP contribution in [0, 0.1) is 0 Å². The topological polar surface area (TPSA) is 53.6 Å². The predicted octanol–water partition coefficient (Wildman–Crippen LogP) is 2.11. The lowest BCUT2D eigenvalue weighted by atomic mass is 9.91. The van der Waals surface area contributed by atoms with Gasteiger partial charge in [-0.3, -0.25) is 0 Å². The van der Waals surface area contributed by atoms with Crippen LogP contribution < -0.4 is 0 Å². The highest BCUT2D eigenvalue weighted by Gasteiger charge is 2.03. The summed E-state index contributed by atoms with van der Waals surface area (Å²) >= 11 is 5.82. The Morgan fingerprint density at radius 3 is 2.80 bits per heavy atom. The van der Waals surface area contributed by atoms with E-state index in [0.717, 1.165) is 5.39 Å². The van der Waals surface area contributed by atoms with Crippen LogP contribution in [0.1, 0.15) is 5.76 Å². The maximum absolute atomic E-state index is 8.64. The summed E-state index contributed by atoms with van der Waals surface area (Å²) in [7, 11) is -1.47. The zero-order valence-electron chi connectivity index (χ0n) is 7.72. The van der Waals surface area contributed by atoms with Crippen molar-refractivity contribution in [1.82, 2.24) is 0 Å². The maximum Gasteiger partial charge on any atom is 0.480 e. The van der Waals surface area contributed by atoms with Crippen molar-refractivity contribution >= 4 is 35.8 Å². The molecule has 0 atom stereocenters. The number of halogens is 1. The number of hydrogen-bond donors (Lipinski definition) is 2. The van der Waals surface area contributed by atoms with E-state index in [4.69, 9.17) is 26.1 Å². The Bertz CT molecular complexity index is 504. The van der Waals surface area contributed by atoms with Gasteiger partial charge in [0.2, 0.25) is 0 Å². The van der Waals surface area contributed by atoms with E-state index < -0.39 is 7.12 Å². The minimum absolute atomic E-state index is 0.556. The average Bonchev–Trinajstić information content (AvgIpc) is 2.56. The second kappa shape index (κ2) is 4.10. The van der Waals surface area contributed by atoms with Crippen LogP contribution in [0.15, 0.2) is 34.7 Å². The van der Waals surface area contributed by atoms with Crippen LogP contribution in [-0.2, 0) is 0 Å². The van der Waals surface area contributed by atoms with Crippen LogP contribution >= 0.6 is 11.6 Å². The number of fused-ring (bicyclic) bond motifs is 1. The molecule has 2 aromatic rings. The Morgan fingerprint density at radius 2 is 2.07 bits per heavy atom. The summed E-state index contributed by atoms with van der Waals surface area (Å²) in [6, 6.07) is 7.07. The molecule has 0 aliphatic carbocycles. The fraction of sp³-hybridized carbons (Fsp3) is 0. The van der Waals surface area contributed by atoms with Gasteiger partial charge >= 0.3 is 7.12 Å². The van der Waals surface area contributed by atoms with Crippen LogP contribution in [0.25, 0.3) is 17.0 Å². The van der Waals surface area contributed by atoms with Gasteiger partial charge in [0.05, 0.1) is 0 Å². The molecule has 3 nitrogen and oxygen atoms in total. The van der Waals surface area contributed by atoms with Gasteiger partial charge in [-0.15, -0.1) is 0 Å². The largest absolute Gasteiger partial charge is 0.480 e. The second-order valence-corrected chi connectivity index (χ2v) is 3.54. The average molecular weight is 222 g/mol. The lowest BCUT2D eigenvalue weighted by Gasteiger charge is -1.87. The molecule has 1 heterocycles. The first-order chi connectivity index (χ1) is 7.15. The van der Waals surface area contributed by atoms with E-state index in [1.807, 2.05) is 0 Å². The van der Waals surface area contributed by atoms with Crippen molar-refractivity contribution in [3.05, 3.63) is 41.0 Å². The summed E-state index contributed by atoms with van der Waals surface area (Å²) in [6.07, 6.45) is 1.50. The normalized spacial score (nSPS) is 11.4. The molecule has 0 bridgehead atoms. The molecule has 0 aliphatic heterocycles. The van der Waals surface area contributed by atoms with Gasteiger partial charge in [-0.25, -0.2) is 0 Å². The van der Waals surface area contributed by atoms with Crippen molar-refractivity contribution in [3.8, 4) is 0 Å². The second-order valence-electron chi connectivity index (χ2n) is 3.10. The molecule has 0 spiro atoms. The first-order valence-electron chi connectivity index (χ1n) is 4.38. The zero-order chi connectivity index (χ0) is 10.8. The van der Waals surface area contributed by atoms with E-state index >= 15 is 0 Å². The van der Waals surface area contributed by atoms with E-state index in [1.54, 1.807) is 24.3 Å². The van der Waals surface area contributed by atoms with E-state index in [2.05, 4.69) is 0 Å². The first kappa shape index (κ1) is 10.3. The molecule has 0 fully saturated rings. The predicted molar refractivity (Wildman–Crippen MR) is 60.4 cm³/mol. The Hall–Kier alpha value is -1.23. The molecule has 0 radical (unpaired) electrons. The molecule has 2 N–H and O–H groups in total. The lowest BCUT2D eigenvalue weighted by Crippen LogP contribution is -2.05. The minimum atomic E-state index is -1.47. The third-order valence-electron chi connectivity index (χ3n) is 1.93. The molecule has 0 amide bonds. The quantitative estimate of drug-likeness (QED) is 0.765. The molecule has 0 saturated heterocycles. The summed E-state index contributed by atoms with van der Waals surface area (Å²) in [6.45, 7) is 0. The monoisotopic (exact) mass is 222 g/mol. The van der Waals surface area contributed by atoms with Crippen LogP contribution in [0.5, 0.6) is 0 Å². The fourth-order valence-electron chi connectivity index (χ4n) is 1.30. The summed E-state index contributed by atoms with van der Waals surface area (Å²) in [5.41, 5.74) is 0.714. The highest BCUT2D eigenvalue weighted by atomic mass is 35.5. The molecule has 1 aromatic carbocycles. The molecule has 2 rings (SSSR count). The van der Waals surface area contributed by atoms with Gasteiger partial charge in [0.25, 0.3) is 0 Å². The Balaban J connectivity index is 2.39. The van der Waals surface area contributed by atoms with Crippen LogP contribution in [-0.4, -0.2) is 17.2 Å². The van der Waals surface area contributed by atoms with E-state index in [-0.39, 0.29) is 0 Å². The summed E-state index contributed by atoms with van der Waals surface area (Å²) in [5.74, 6) is 1.78. The Kier molecular flexibility index (Phi) is 2.82. The maximum atomic E-state index is 8.64. The van der Waals surface area contributed by atoms with Gasteiger partial charge in [-0.2, -0.15) is 0 Å². The van der Waals surface area contributed by atoms with Crippen molar-refractivity contribution in [2.75, 3.05) is 0 Å². The van der Waals surface area contributed by atoms with Crippen molar-refractivity contribution in [2.45, 2.75) is 0 Å². The Morgan fingerprint density at radius 1 is 1.27 bits per heavy atom. The number of rotatable bonds is 2. The lowest BCUT2D eigenvalue weighted by molar-refractivity contribution is 0.424. The minimum Gasteiger partial charge on any atom is -0.457 e. The van der Waals surface area contributed by atoms with Gasteiger partial charge in [-0.1, -0.05) is 17.6 Å².